The lowest BCUT2D eigenvalue weighted by atomic mass is 10.1. The Morgan fingerprint density at radius 3 is 1.02 bits per heavy atom. The zero-order valence-electron chi connectivity index (χ0n) is 27.9. The second-order valence-electron chi connectivity index (χ2n) is 11.4. The Bertz CT molecular complexity index is 1620. The van der Waals surface area contributed by atoms with E-state index in [1.165, 1.54) is 38.5 Å². The molecule has 0 aromatic carbocycles. The van der Waals surface area contributed by atoms with Gasteiger partial charge in [0.05, 0.1) is 37.7 Å². The minimum absolute atomic E-state index is 0.173. The average molecular weight is 847 g/mol. The summed E-state index contributed by atoms with van der Waals surface area (Å²) < 4.78 is 187. The molecule has 2 heterocycles. The van der Waals surface area contributed by atoms with E-state index in [9.17, 15) is 43.2 Å². The number of rotatable bonds is 21. The molecule has 16 nitrogen and oxygen atoms in total. The van der Waals surface area contributed by atoms with Gasteiger partial charge in [0.15, 0.2) is 20.2 Å². The van der Waals surface area contributed by atoms with E-state index in [4.69, 9.17) is 35.0 Å². The van der Waals surface area contributed by atoms with Crippen LogP contribution in [-0.2, 0) is 66.7 Å². The van der Waals surface area contributed by atoms with Crippen molar-refractivity contribution < 1.29 is 87.4 Å². The molecule has 306 valence electrons. The SMILES string of the molecule is O=S(=O)(O)CCCCn1cc[n+](CCCCCCCCCC[n+]2ccn(CCCCS(=O)(=O)O)c2)c1.O=S(=O)([O-])C(F)(F)F.O=S(=O)([O-])C(F)(F)F. The van der Waals surface area contributed by atoms with Gasteiger partial charge in [0.1, 0.15) is 24.8 Å². The summed E-state index contributed by atoms with van der Waals surface area (Å²) >= 11 is 0. The van der Waals surface area contributed by atoms with Crippen LogP contribution in [0.15, 0.2) is 37.4 Å². The summed E-state index contributed by atoms with van der Waals surface area (Å²) in [6, 6.07) is 0. The van der Waals surface area contributed by atoms with Gasteiger partial charge in [-0.05, 0) is 51.4 Å². The highest BCUT2D eigenvalue weighted by Crippen LogP contribution is 2.21. The van der Waals surface area contributed by atoms with Crippen molar-refractivity contribution in [2.45, 2.75) is 114 Å². The van der Waals surface area contributed by atoms with E-state index in [0.29, 0.717) is 12.8 Å². The van der Waals surface area contributed by atoms with Gasteiger partial charge in [-0.25, -0.2) is 35.1 Å². The number of alkyl halides is 6. The highest BCUT2D eigenvalue weighted by Gasteiger charge is 2.37. The predicted octanol–water partition coefficient (Wildman–Crippen LogP) is 3.12. The number of aryl methyl sites for hydroxylation is 4. The largest absolute Gasteiger partial charge is 0.741 e. The van der Waals surface area contributed by atoms with E-state index in [-0.39, 0.29) is 11.5 Å². The Hall–Kier alpha value is -2.36. The van der Waals surface area contributed by atoms with Crippen molar-refractivity contribution in [2.75, 3.05) is 11.5 Å². The molecule has 2 aromatic heterocycles. The number of nitrogens with zero attached hydrogens (tertiary/aromatic N) is 4. The number of unbranched alkanes of at least 4 members (excludes halogenated alkanes) is 9. The van der Waals surface area contributed by atoms with Gasteiger partial charge >= 0.3 is 11.0 Å². The Kier molecular flexibility index (Phi) is 21.7. The fourth-order valence-electron chi connectivity index (χ4n) is 4.21. The molecule has 0 unspecified atom stereocenters. The number of imidazole rings is 2. The van der Waals surface area contributed by atoms with Crippen molar-refractivity contribution in [3.63, 3.8) is 0 Å². The number of hydrogen-bond acceptors (Lipinski definition) is 10. The summed E-state index contributed by atoms with van der Waals surface area (Å²) in [5, 5.41) is 0. The number of hydrogen-bond donors (Lipinski definition) is 2. The molecule has 0 saturated heterocycles. The van der Waals surface area contributed by atoms with Gasteiger partial charge in [0, 0.05) is 0 Å². The summed E-state index contributed by atoms with van der Waals surface area (Å²) in [6.45, 7) is 3.50. The molecule has 2 rings (SSSR count). The fourth-order valence-corrected chi connectivity index (χ4v) is 5.35. The third-order valence-electron chi connectivity index (χ3n) is 6.78. The second-order valence-corrected chi connectivity index (χ2v) is 17.3. The molecular weight excluding hydrogens is 803 g/mol. The van der Waals surface area contributed by atoms with Gasteiger partial charge in [-0.3, -0.25) is 9.11 Å². The molecule has 2 aromatic rings. The number of aromatic nitrogens is 4. The first-order valence-corrected chi connectivity index (χ1v) is 21.7. The molecule has 0 bridgehead atoms. The second kappa shape index (κ2) is 22.8. The maximum Gasteiger partial charge on any atom is 0.485 e. The summed E-state index contributed by atoms with van der Waals surface area (Å²) in [5.41, 5.74) is -11.3. The van der Waals surface area contributed by atoms with Crippen LogP contribution in [0, 0.1) is 0 Å². The summed E-state index contributed by atoms with van der Waals surface area (Å²) in [5.74, 6) is -0.347. The van der Waals surface area contributed by atoms with E-state index in [2.05, 4.69) is 43.3 Å². The molecule has 0 spiro atoms. The molecule has 0 atom stereocenters. The molecule has 2 N–H and O–H groups in total. The van der Waals surface area contributed by atoms with Gasteiger partial charge in [0.25, 0.3) is 20.2 Å². The van der Waals surface area contributed by atoms with E-state index >= 15 is 0 Å². The zero-order chi connectivity index (χ0) is 40.3. The smallest absolute Gasteiger partial charge is 0.485 e. The first-order chi connectivity index (χ1) is 23.6. The molecule has 0 amide bonds. The van der Waals surface area contributed by atoms with Crippen LogP contribution in [0.3, 0.4) is 0 Å². The lowest BCUT2D eigenvalue weighted by molar-refractivity contribution is -0.697. The molecule has 0 aliphatic carbocycles. The zero-order valence-corrected chi connectivity index (χ0v) is 31.1. The molecule has 0 aliphatic rings. The minimum Gasteiger partial charge on any atom is -0.741 e. The van der Waals surface area contributed by atoms with Crippen molar-refractivity contribution in [2.24, 2.45) is 0 Å². The summed E-state index contributed by atoms with van der Waals surface area (Å²) in [4.78, 5) is 0. The Labute approximate surface area is 299 Å². The van der Waals surface area contributed by atoms with Crippen molar-refractivity contribution in [3.05, 3.63) is 37.4 Å². The maximum atomic E-state index is 10.7. The molecule has 0 saturated carbocycles. The molecule has 26 heteroatoms. The molecular formula is C26H44F6N4O12S4. The monoisotopic (exact) mass is 846 g/mol. The first-order valence-electron chi connectivity index (χ1n) is 15.6. The first kappa shape index (κ1) is 49.6. The highest BCUT2D eigenvalue weighted by atomic mass is 32.2. The lowest BCUT2D eigenvalue weighted by Gasteiger charge is -2.08. The molecule has 52 heavy (non-hydrogen) atoms. The van der Waals surface area contributed by atoms with Gasteiger partial charge in [-0.15, -0.1) is 0 Å². The quantitative estimate of drug-likeness (QED) is 0.0606. The summed E-state index contributed by atoms with van der Waals surface area (Å²) in [6.07, 6.45) is 24.4. The van der Waals surface area contributed by atoms with Gasteiger partial charge in [0.2, 0.25) is 12.7 Å². The van der Waals surface area contributed by atoms with E-state index in [1.807, 2.05) is 12.4 Å². The number of halogens is 6. The van der Waals surface area contributed by atoms with Crippen molar-refractivity contribution in [1.82, 2.24) is 9.13 Å². The van der Waals surface area contributed by atoms with Gasteiger partial charge in [-0.1, -0.05) is 25.7 Å². The summed E-state index contributed by atoms with van der Waals surface area (Å²) in [7, 11) is -19.9. The van der Waals surface area contributed by atoms with Crippen LogP contribution >= 0.6 is 0 Å². The van der Waals surface area contributed by atoms with E-state index < -0.39 is 51.5 Å². The third kappa shape index (κ3) is 26.4. The van der Waals surface area contributed by atoms with Gasteiger partial charge in [-0.2, -0.15) is 43.2 Å². The standard InChI is InChI=1S/C24H42N4O6S2.2CHF3O3S/c29-35(30,31)21-11-9-15-27-19-17-25(23-27)13-7-5-3-1-2-4-6-8-14-26-18-20-28(24-26)16-10-12-22-36(32,33)34;2*2-1(3,4)8(5,6)7/h17-20,23-24H,1-16,21-22H2;2*(H,5,6,7). The van der Waals surface area contributed by atoms with Crippen LogP contribution in [0.2, 0.25) is 0 Å². The predicted molar refractivity (Wildman–Crippen MR) is 169 cm³/mol. The van der Waals surface area contributed by atoms with E-state index in [0.717, 1.165) is 51.9 Å². The topological polar surface area (TPSA) is 241 Å². The van der Waals surface area contributed by atoms with Crippen LogP contribution in [0.25, 0.3) is 0 Å². The van der Waals surface area contributed by atoms with Crippen molar-refractivity contribution in [1.29, 1.82) is 0 Å². The van der Waals surface area contributed by atoms with Crippen LogP contribution in [0.4, 0.5) is 26.3 Å². The van der Waals surface area contributed by atoms with Crippen molar-refractivity contribution in [3.8, 4) is 0 Å². The van der Waals surface area contributed by atoms with Crippen molar-refractivity contribution >= 4 is 40.5 Å². The van der Waals surface area contributed by atoms with E-state index in [1.54, 1.807) is 0 Å². The Morgan fingerprint density at radius 2 is 0.769 bits per heavy atom. The Balaban J connectivity index is 0.00000134. The van der Waals surface area contributed by atoms with Crippen LogP contribution in [0.5, 0.6) is 0 Å². The van der Waals surface area contributed by atoms with Crippen LogP contribution < -0.4 is 9.13 Å². The maximum absolute atomic E-state index is 10.7. The van der Waals surface area contributed by atoms with Crippen LogP contribution in [-0.4, -0.2) is 83.5 Å². The Morgan fingerprint density at radius 1 is 0.500 bits per heavy atom. The fraction of sp³-hybridized carbons (Fsp3) is 0.769. The third-order valence-corrected chi connectivity index (χ3v) is 9.52. The minimum atomic E-state index is -6.09. The molecule has 0 aliphatic heterocycles. The highest BCUT2D eigenvalue weighted by molar-refractivity contribution is 7.87. The van der Waals surface area contributed by atoms with Gasteiger partial charge < -0.3 is 9.11 Å². The average Bonchev–Trinajstić information content (AvgIpc) is 3.61. The normalized spacial score (nSPS) is 12.9. The molecule has 0 radical (unpaired) electrons. The lowest BCUT2D eigenvalue weighted by Crippen LogP contribution is -2.30. The molecule has 0 fully saturated rings. The van der Waals surface area contributed by atoms with Crippen LogP contribution in [0.1, 0.15) is 77.0 Å².